The number of fused-ring (bicyclic) bond motifs is 1. The van der Waals surface area contributed by atoms with E-state index in [9.17, 15) is 10.1 Å². The fourth-order valence-corrected chi connectivity index (χ4v) is 2.65. The van der Waals surface area contributed by atoms with Crippen LogP contribution in [0, 0.1) is 11.3 Å². The van der Waals surface area contributed by atoms with Crippen molar-refractivity contribution in [3.05, 3.63) is 82.9 Å². The van der Waals surface area contributed by atoms with Crippen LogP contribution >= 0.6 is 0 Å². The summed E-state index contributed by atoms with van der Waals surface area (Å²) in [7, 11) is 0. The first-order chi connectivity index (χ1) is 12.2. The highest BCUT2D eigenvalue weighted by molar-refractivity contribution is 5.98. The van der Waals surface area contributed by atoms with Gasteiger partial charge in [0.25, 0.3) is 5.91 Å². The smallest absolute Gasteiger partial charge is 0.262 e. The Hall–Kier alpha value is -3.32. The molecule has 0 aliphatic carbocycles. The zero-order valence-corrected chi connectivity index (χ0v) is 13.9. The summed E-state index contributed by atoms with van der Waals surface area (Å²) in [5.74, 6) is 0.416. The Morgan fingerprint density at radius 2 is 1.92 bits per heavy atom. The fraction of sp³-hybridized carbons (Fsp3) is 0.143. The van der Waals surface area contributed by atoms with Gasteiger partial charge in [0, 0.05) is 5.56 Å². The molecule has 1 aliphatic heterocycles. The topological polar surface area (TPSA) is 62.1 Å². The lowest BCUT2D eigenvalue weighted by atomic mass is 10.0. The van der Waals surface area contributed by atoms with Crippen molar-refractivity contribution in [2.75, 3.05) is 6.61 Å². The van der Waals surface area contributed by atoms with Gasteiger partial charge in [-0.3, -0.25) is 4.79 Å². The van der Waals surface area contributed by atoms with Gasteiger partial charge in [-0.15, -0.1) is 0 Å². The van der Waals surface area contributed by atoms with Crippen LogP contribution in [0.15, 0.2) is 71.8 Å². The number of benzene rings is 2. The zero-order chi connectivity index (χ0) is 17.6. The van der Waals surface area contributed by atoms with Crippen LogP contribution in [0.5, 0.6) is 5.75 Å². The third-order valence-electron chi connectivity index (χ3n) is 4.00. The maximum absolute atomic E-state index is 12.4. The molecule has 0 spiro atoms. The van der Waals surface area contributed by atoms with Gasteiger partial charge in [-0.05, 0) is 36.3 Å². The van der Waals surface area contributed by atoms with Crippen LogP contribution in [-0.4, -0.2) is 12.5 Å². The van der Waals surface area contributed by atoms with E-state index in [4.69, 9.17) is 4.74 Å². The second kappa shape index (κ2) is 7.50. The highest BCUT2D eigenvalue weighted by Crippen LogP contribution is 2.26. The predicted molar refractivity (Wildman–Crippen MR) is 96.6 cm³/mol. The van der Waals surface area contributed by atoms with Gasteiger partial charge >= 0.3 is 0 Å². The normalized spacial score (nSPS) is 14.4. The Bertz CT molecular complexity index is 876. The van der Waals surface area contributed by atoms with Gasteiger partial charge in [-0.25, -0.2) is 0 Å². The van der Waals surface area contributed by atoms with E-state index in [0.29, 0.717) is 6.61 Å². The number of nitriles is 1. The predicted octanol–water partition coefficient (Wildman–Crippen LogP) is 3.79. The molecule has 0 aromatic heterocycles. The second-order valence-corrected chi connectivity index (χ2v) is 5.82. The molecule has 1 heterocycles. The van der Waals surface area contributed by atoms with E-state index >= 15 is 0 Å². The standard InChI is InChI=1S/C21H18N2O2/c1-15(17-7-3-2-4-8-17)23-21(24)19(13-22)12-16-11-18-9-5-6-10-20(18)25-14-16/h2-12,15H,14H2,1H3,(H,23,24)/b19-12+/t15-/m0/s1. The van der Waals surface area contributed by atoms with Crippen LogP contribution in [0.2, 0.25) is 0 Å². The Balaban J connectivity index is 1.76. The Morgan fingerprint density at radius 1 is 1.20 bits per heavy atom. The molecule has 25 heavy (non-hydrogen) atoms. The molecule has 0 saturated heterocycles. The highest BCUT2D eigenvalue weighted by atomic mass is 16.5. The fourth-order valence-electron chi connectivity index (χ4n) is 2.65. The summed E-state index contributed by atoms with van der Waals surface area (Å²) in [6.07, 6.45) is 3.52. The molecule has 124 valence electrons. The van der Waals surface area contributed by atoms with Crippen LogP contribution in [0.4, 0.5) is 0 Å². The van der Waals surface area contributed by atoms with E-state index in [-0.39, 0.29) is 11.6 Å². The largest absolute Gasteiger partial charge is 0.488 e. The molecule has 0 bridgehead atoms. The van der Waals surface area contributed by atoms with Crippen molar-refractivity contribution in [2.45, 2.75) is 13.0 Å². The third-order valence-corrected chi connectivity index (χ3v) is 4.00. The van der Waals surface area contributed by atoms with Crippen LogP contribution < -0.4 is 10.1 Å². The monoisotopic (exact) mass is 330 g/mol. The SMILES string of the molecule is C[C@H](NC(=O)/C(C#N)=C/C1=Cc2ccccc2OC1)c1ccccc1. The minimum atomic E-state index is -0.390. The number of ether oxygens (including phenoxy) is 1. The number of rotatable bonds is 4. The lowest BCUT2D eigenvalue weighted by Gasteiger charge is -2.17. The van der Waals surface area contributed by atoms with E-state index in [2.05, 4.69) is 5.32 Å². The molecule has 2 aromatic rings. The van der Waals surface area contributed by atoms with E-state index in [1.807, 2.05) is 73.7 Å². The second-order valence-electron chi connectivity index (χ2n) is 5.82. The van der Waals surface area contributed by atoms with Gasteiger partial charge in [0.1, 0.15) is 24.0 Å². The summed E-state index contributed by atoms with van der Waals surface area (Å²) < 4.78 is 5.66. The third kappa shape index (κ3) is 3.96. The lowest BCUT2D eigenvalue weighted by molar-refractivity contribution is -0.117. The average Bonchev–Trinajstić information content (AvgIpc) is 2.66. The summed E-state index contributed by atoms with van der Waals surface area (Å²) in [5, 5.41) is 12.2. The number of carbonyl (C=O) groups excluding carboxylic acids is 1. The van der Waals surface area contributed by atoms with Gasteiger partial charge in [0.05, 0.1) is 6.04 Å². The number of nitrogens with zero attached hydrogens (tertiary/aromatic N) is 1. The number of hydrogen-bond acceptors (Lipinski definition) is 3. The molecule has 4 nitrogen and oxygen atoms in total. The van der Waals surface area contributed by atoms with Crippen molar-refractivity contribution in [1.29, 1.82) is 5.26 Å². The molecule has 0 fully saturated rings. The summed E-state index contributed by atoms with van der Waals surface area (Å²) in [6, 6.07) is 19.1. The Morgan fingerprint density at radius 3 is 2.68 bits per heavy atom. The van der Waals surface area contributed by atoms with Crippen LogP contribution in [0.1, 0.15) is 24.1 Å². The van der Waals surface area contributed by atoms with E-state index < -0.39 is 5.91 Å². The van der Waals surface area contributed by atoms with Crippen LogP contribution in [0.25, 0.3) is 6.08 Å². The molecular formula is C21H18N2O2. The van der Waals surface area contributed by atoms with Crippen molar-refractivity contribution in [3.63, 3.8) is 0 Å². The minimum absolute atomic E-state index is 0.0667. The number of para-hydroxylation sites is 1. The number of nitrogens with one attached hydrogen (secondary N) is 1. The average molecular weight is 330 g/mol. The van der Waals surface area contributed by atoms with Gasteiger partial charge < -0.3 is 10.1 Å². The molecule has 3 rings (SSSR count). The first-order valence-corrected chi connectivity index (χ1v) is 8.07. The van der Waals surface area contributed by atoms with Gasteiger partial charge in [-0.1, -0.05) is 48.5 Å². The highest BCUT2D eigenvalue weighted by Gasteiger charge is 2.16. The van der Waals surface area contributed by atoms with Gasteiger partial charge in [0.2, 0.25) is 0 Å². The van der Waals surface area contributed by atoms with E-state index in [0.717, 1.165) is 22.4 Å². The molecular weight excluding hydrogens is 312 g/mol. The number of hydrogen-bond donors (Lipinski definition) is 1. The first kappa shape index (κ1) is 16.5. The van der Waals surface area contributed by atoms with Crippen molar-refractivity contribution in [3.8, 4) is 11.8 Å². The Kier molecular flexibility index (Phi) is 4.96. The molecule has 4 heteroatoms. The summed E-state index contributed by atoms with van der Waals surface area (Å²) in [5.41, 5.74) is 2.78. The minimum Gasteiger partial charge on any atom is -0.488 e. The molecule has 1 N–H and O–H groups in total. The quantitative estimate of drug-likeness (QED) is 0.685. The zero-order valence-electron chi connectivity index (χ0n) is 13.9. The van der Waals surface area contributed by atoms with Gasteiger partial charge in [0.15, 0.2) is 0 Å². The van der Waals surface area contributed by atoms with Crippen molar-refractivity contribution in [1.82, 2.24) is 5.32 Å². The van der Waals surface area contributed by atoms with E-state index in [1.54, 1.807) is 6.08 Å². The van der Waals surface area contributed by atoms with Crippen molar-refractivity contribution >= 4 is 12.0 Å². The maximum Gasteiger partial charge on any atom is 0.262 e. The molecule has 1 atom stereocenters. The maximum atomic E-state index is 12.4. The molecule has 0 saturated carbocycles. The number of amides is 1. The van der Waals surface area contributed by atoms with Gasteiger partial charge in [-0.2, -0.15) is 5.26 Å². The van der Waals surface area contributed by atoms with Crippen LogP contribution in [-0.2, 0) is 4.79 Å². The van der Waals surface area contributed by atoms with Crippen LogP contribution in [0.3, 0.4) is 0 Å². The molecule has 1 aliphatic rings. The first-order valence-electron chi connectivity index (χ1n) is 8.07. The summed E-state index contributed by atoms with van der Waals surface area (Å²) in [6.45, 7) is 2.23. The molecule has 0 unspecified atom stereocenters. The summed E-state index contributed by atoms with van der Waals surface area (Å²) in [4.78, 5) is 12.4. The van der Waals surface area contributed by atoms with Crippen molar-refractivity contribution < 1.29 is 9.53 Å². The Labute approximate surface area is 147 Å². The molecule has 0 radical (unpaired) electrons. The molecule has 2 aromatic carbocycles. The summed E-state index contributed by atoms with van der Waals surface area (Å²) >= 11 is 0. The van der Waals surface area contributed by atoms with E-state index in [1.165, 1.54) is 0 Å². The lowest BCUT2D eigenvalue weighted by Crippen LogP contribution is -2.27. The molecule has 1 amide bonds. The van der Waals surface area contributed by atoms with Crippen molar-refractivity contribution in [2.24, 2.45) is 0 Å². The number of carbonyl (C=O) groups is 1.